The maximum absolute atomic E-state index is 5.44. The third-order valence-corrected chi connectivity index (χ3v) is 1.70. The Balaban J connectivity index is 3.01. The Hall–Kier alpha value is -0.960. The van der Waals surface area contributed by atoms with Gasteiger partial charge in [0.2, 0.25) is 0 Å². The Morgan fingerprint density at radius 1 is 1.73 bits per heavy atom. The molecule has 0 radical (unpaired) electrons. The molecule has 0 unspecified atom stereocenters. The van der Waals surface area contributed by atoms with E-state index >= 15 is 0 Å². The molecule has 2 N–H and O–H groups in total. The topological polar surface area (TPSA) is 38.9 Å². The summed E-state index contributed by atoms with van der Waals surface area (Å²) in [6, 6.07) is 3.74. The highest BCUT2D eigenvalue weighted by molar-refractivity contribution is 7.80. The largest absolute Gasteiger partial charge is 0.389 e. The van der Waals surface area contributed by atoms with Gasteiger partial charge in [-0.3, -0.25) is 4.98 Å². The minimum atomic E-state index is 0.433. The van der Waals surface area contributed by atoms with Crippen molar-refractivity contribution in [2.45, 2.75) is 13.3 Å². The fraction of sp³-hybridized carbons (Fsp3) is 0.250. The molecule has 3 heteroatoms. The second-order valence-electron chi connectivity index (χ2n) is 2.25. The molecule has 0 fully saturated rings. The number of rotatable bonds is 2. The number of hydrogen-bond donors (Lipinski definition) is 1. The third kappa shape index (κ3) is 1.98. The summed E-state index contributed by atoms with van der Waals surface area (Å²) in [5.74, 6) is 0. The second-order valence-corrected chi connectivity index (χ2v) is 2.69. The quantitative estimate of drug-likeness (QED) is 0.314. The molecular weight excluding hydrogens is 160 g/mol. The van der Waals surface area contributed by atoms with Gasteiger partial charge in [0.25, 0.3) is 0 Å². The molecule has 0 aliphatic carbocycles. The van der Waals surface area contributed by atoms with Gasteiger partial charge in [-0.05, 0) is 18.6 Å². The lowest BCUT2D eigenvalue weighted by atomic mass is 10.2. The first-order valence-corrected chi connectivity index (χ1v) is 3.89. The smallest absolute Gasteiger partial charge is 0.104 e. The zero-order valence-corrected chi connectivity index (χ0v) is 7.19. The van der Waals surface area contributed by atoms with Gasteiger partial charge in [0.05, 0.1) is 0 Å². The van der Waals surface area contributed by atoms with Crippen LogP contribution in [-0.2, 0) is 6.42 Å². The molecule has 58 valence electrons. The fourth-order valence-corrected chi connectivity index (χ4v) is 0.952. The Kier molecular flexibility index (Phi) is 2.54. The second kappa shape index (κ2) is 3.44. The van der Waals surface area contributed by atoms with Crippen molar-refractivity contribution in [2.24, 2.45) is 5.73 Å². The van der Waals surface area contributed by atoms with E-state index in [-0.39, 0.29) is 0 Å². The molecule has 1 rings (SSSR count). The molecule has 0 saturated carbocycles. The number of hydrogen-bond acceptors (Lipinski definition) is 2. The molecule has 11 heavy (non-hydrogen) atoms. The van der Waals surface area contributed by atoms with E-state index in [0.29, 0.717) is 4.99 Å². The van der Waals surface area contributed by atoms with Crippen LogP contribution in [0.2, 0.25) is 0 Å². The average Bonchev–Trinajstić information content (AvgIpc) is 2.05. The van der Waals surface area contributed by atoms with Gasteiger partial charge in [-0.1, -0.05) is 19.1 Å². The Morgan fingerprint density at radius 2 is 2.45 bits per heavy atom. The summed E-state index contributed by atoms with van der Waals surface area (Å²) in [6.45, 7) is 2.05. The number of nitrogens with zero attached hydrogens (tertiary/aromatic N) is 1. The summed E-state index contributed by atoms with van der Waals surface area (Å²) in [5, 5.41) is 0. The maximum atomic E-state index is 5.44. The first-order chi connectivity index (χ1) is 5.24. The van der Waals surface area contributed by atoms with Crippen molar-refractivity contribution in [3.8, 4) is 0 Å². The fourth-order valence-electron chi connectivity index (χ4n) is 0.825. The van der Waals surface area contributed by atoms with Crippen molar-refractivity contribution in [2.75, 3.05) is 0 Å². The molecule has 0 aromatic carbocycles. The lowest BCUT2D eigenvalue weighted by Gasteiger charge is -1.99. The van der Waals surface area contributed by atoms with Crippen LogP contribution >= 0.6 is 12.2 Å². The normalized spacial score (nSPS) is 9.55. The minimum Gasteiger partial charge on any atom is -0.389 e. The summed E-state index contributed by atoms with van der Waals surface area (Å²) in [5.41, 5.74) is 7.36. The van der Waals surface area contributed by atoms with Gasteiger partial charge >= 0.3 is 0 Å². The van der Waals surface area contributed by atoms with Gasteiger partial charge in [-0.25, -0.2) is 0 Å². The maximum Gasteiger partial charge on any atom is 0.104 e. The molecule has 0 bridgehead atoms. The van der Waals surface area contributed by atoms with Gasteiger partial charge in [0, 0.05) is 17.5 Å². The van der Waals surface area contributed by atoms with Crippen molar-refractivity contribution < 1.29 is 0 Å². The molecule has 2 nitrogen and oxygen atoms in total. The number of nitrogens with two attached hydrogens (primary N) is 1. The summed E-state index contributed by atoms with van der Waals surface area (Å²) < 4.78 is 0. The zero-order valence-electron chi connectivity index (χ0n) is 6.37. The summed E-state index contributed by atoms with van der Waals surface area (Å²) in [4.78, 5) is 4.56. The van der Waals surface area contributed by atoms with Crippen LogP contribution < -0.4 is 5.73 Å². The number of aromatic nitrogens is 1. The average molecular weight is 170 g/mol. The molecule has 0 atom stereocenters. The van der Waals surface area contributed by atoms with E-state index in [1.165, 1.54) is 0 Å². The van der Waals surface area contributed by atoms with Gasteiger partial charge in [0.1, 0.15) is 4.99 Å². The first-order valence-electron chi connectivity index (χ1n) is 3.48. The molecule has 0 aliphatic heterocycles. The minimum absolute atomic E-state index is 0.433. The molecule has 0 aliphatic rings. The van der Waals surface area contributed by atoms with Crippen molar-refractivity contribution >= 4 is 17.2 Å². The highest BCUT2D eigenvalue weighted by Gasteiger charge is 1.96. The highest BCUT2D eigenvalue weighted by Crippen LogP contribution is 2.01. The molecule has 0 saturated heterocycles. The van der Waals surface area contributed by atoms with Crippen LogP contribution in [0.3, 0.4) is 0 Å². The van der Waals surface area contributed by atoms with E-state index in [4.69, 9.17) is 18.0 Å². The van der Waals surface area contributed by atoms with E-state index in [0.717, 1.165) is 17.7 Å². The number of thiocarbonyl (C=S) groups is 1. The van der Waals surface area contributed by atoms with E-state index < -0.39 is 0 Å². The summed E-state index contributed by atoms with van der Waals surface area (Å²) in [6.07, 6.45) is 2.64. The Morgan fingerprint density at radius 3 is 3.00 bits per heavy atom. The van der Waals surface area contributed by atoms with E-state index in [1.807, 2.05) is 19.1 Å². The predicted octanol–water partition coefficient (Wildman–Crippen LogP) is 1.28. The monoisotopic (exact) mass is 170 g/mol. The lowest BCUT2D eigenvalue weighted by Crippen LogP contribution is -2.09. The zero-order chi connectivity index (χ0) is 8.27. The summed E-state index contributed by atoms with van der Waals surface area (Å²) >= 11 is 4.82. The van der Waals surface area contributed by atoms with Crippen LogP contribution in [-0.4, -0.2) is 9.97 Å². The van der Waals surface area contributed by atoms with Crippen molar-refractivity contribution in [1.29, 1.82) is 0 Å². The molecule has 0 amide bonds. The predicted molar refractivity (Wildman–Crippen MR) is 49.5 cm³/mol. The van der Waals surface area contributed by atoms with Crippen LogP contribution in [0.1, 0.15) is 18.2 Å². The van der Waals surface area contributed by atoms with Crippen LogP contribution in [0.25, 0.3) is 0 Å². The SMILES string of the molecule is CCc1cc([13C]([15NH2])=[34S])ccn1. The van der Waals surface area contributed by atoms with Gasteiger partial charge in [-0.2, -0.15) is 0 Å². The first kappa shape index (κ1) is 8.14. The molecule has 1 heterocycles. The lowest BCUT2D eigenvalue weighted by molar-refractivity contribution is 1.03. The van der Waals surface area contributed by atoms with E-state index in [9.17, 15) is 0 Å². The van der Waals surface area contributed by atoms with Crippen LogP contribution in [0.4, 0.5) is 0 Å². The number of aryl methyl sites for hydroxylation is 1. The summed E-state index contributed by atoms with van der Waals surface area (Å²) in [7, 11) is 0. The molecular formula is C8H10N2S. The molecule has 1 aromatic rings. The van der Waals surface area contributed by atoms with E-state index in [2.05, 4.69) is 4.98 Å². The van der Waals surface area contributed by atoms with Crippen molar-refractivity contribution in [1.82, 2.24) is 4.98 Å². The van der Waals surface area contributed by atoms with Gasteiger partial charge < -0.3 is 5.73 Å². The standard InChI is InChI=1S/C8H10N2S/c1-2-7-5-6(8(9)11)3-4-10-7/h3-5H,2H2,1H3,(H2,9,11)/i8+1,9+1,11+2. The Bertz CT molecular complexity index is 271. The van der Waals surface area contributed by atoms with Gasteiger partial charge in [-0.15, -0.1) is 0 Å². The highest BCUT2D eigenvalue weighted by atomic mass is 34.0. The van der Waals surface area contributed by atoms with Crippen LogP contribution in [0, 0.1) is 0 Å². The van der Waals surface area contributed by atoms with Crippen molar-refractivity contribution in [3.05, 3.63) is 29.6 Å². The Labute approximate surface area is 71.4 Å². The molecule has 0 spiro atoms. The number of pyridine rings is 1. The van der Waals surface area contributed by atoms with Crippen LogP contribution in [0.15, 0.2) is 18.3 Å². The molecule has 1 aromatic heterocycles. The van der Waals surface area contributed by atoms with Crippen LogP contribution in [0.5, 0.6) is 0 Å². The van der Waals surface area contributed by atoms with Gasteiger partial charge in [0.15, 0.2) is 0 Å². The third-order valence-electron chi connectivity index (χ3n) is 1.46. The van der Waals surface area contributed by atoms with E-state index in [1.54, 1.807) is 6.20 Å². The van der Waals surface area contributed by atoms with Crippen molar-refractivity contribution in [3.63, 3.8) is 0 Å².